The molecule has 0 aliphatic heterocycles. The number of hydrogen-bond acceptors (Lipinski definition) is 1. The Bertz CT molecular complexity index is 2380. The average Bonchev–Trinajstić information content (AvgIpc) is 3.26. The Morgan fingerprint density at radius 1 is 0.349 bits per heavy atom. The quantitative estimate of drug-likeness (QED) is 0.0487. The Balaban J connectivity index is 0.000000345. The molecule has 0 unspecified atom stereocenters. The van der Waals surface area contributed by atoms with E-state index in [0.717, 1.165) is 16.8 Å². The molecule has 23 heteroatoms. The molecule has 0 saturated heterocycles. The molecule has 6 rings (SSSR count). The van der Waals surface area contributed by atoms with Crippen LogP contribution in [0.2, 0.25) is 0 Å². The number of halogens is 20. The van der Waals surface area contributed by atoms with E-state index in [1.165, 1.54) is 11.3 Å². The van der Waals surface area contributed by atoms with E-state index in [0.29, 0.717) is 0 Å². The van der Waals surface area contributed by atoms with Crippen LogP contribution in [0.3, 0.4) is 0 Å². The summed E-state index contributed by atoms with van der Waals surface area (Å²) in [5.41, 5.74) is -11.7. The van der Waals surface area contributed by atoms with E-state index in [4.69, 9.17) is 4.74 Å². The summed E-state index contributed by atoms with van der Waals surface area (Å²) in [5.74, 6) is -70.5. The van der Waals surface area contributed by atoms with Crippen molar-refractivity contribution in [1.82, 2.24) is 4.48 Å². The number of hydrogen-bond donors (Lipinski definition) is 0. The van der Waals surface area contributed by atoms with E-state index >= 15 is 35.1 Å². The van der Waals surface area contributed by atoms with Gasteiger partial charge in [0.05, 0.1) is 21.2 Å². The maximum Gasteiger partial charge on any atom is 0.200 e. The van der Waals surface area contributed by atoms with Crippen LogP contribution in [0.4, 0.5) is 93.5 Å². The van der Waals surface area contributed by atoms with Crippen molar-refractivity contribution in [2.45, 2.75) is 6.54 Å². The number of nitrogens with zero attached hydrogens (tertiary/aromatic N) is 1. The van der Waals surface area contributed by atoms with Crippen molar-refractivity contribution in [3.05, 3.63) is 177 Å². The number of ether oxygens (including phenoxy) is 1. The highest BCUT2D eigenvalue weighted by molar-refractivity contribution is 7.20. The van der Waals surface area contributed by atoms with E-state index in [1.54, 1.807) is 7.11 Å². The normalized spacial score (nSPS) is 11.8. The predicted molar refractivity (Wildman–Crippen MR) is 186 cm³/mol. The molecule has 0 saturated carbocycles. The summed E-state index contributed by atoms with van der Waals surface area (Å²) in [6.45, 7) is 0.966. The molecular formula is C40H20BF20NO. The molecule has 0 amide bonds. The zero-order chi connectivity index (χ0) is 47.4. The van der Waals surface area contributed by atoms with Gasteiger partial charge in [0.2, 0.25) is 0 Å². The number of methoxy groups -OCH3 is 1. The third kappa shape index (κ3) is 7.69. The zero-order valence-electron chi connectivity index (χ0n) is 31.4. The minimum Gasteiger partial charge on any atom is -0.497 e. The smallest absolute Gasteiger partial charge is 0.200 e. The molecule has 0 atom stereocenters. The Labute approximate surface area is 340 Å². The van der Waals surface area contributed by atoms with Crippen molar-refractivity contribution in [1.29, 1.82) is 0 Å². The molecule has 0 aromatic heterocycles. The van der Waals surface area contributed by atoms with Gasteiger partial charge in [-0.2, -0.15) is 0 Å². The molecule has 334 valence electrons. The van der Waals surface area contributed by atoms with Crippen LogP contribution < -0.4 is 31.1 Å². The topological polar surface area (TPSA) is 9.23 Å². The Morgan fingerprint density at radius 2 is 0.587 bits per heavy atom. The van der Waals surface area contributed by atoms with Gasteiger partial charge in [-0.1, -0.05) is 18.2 Å². The van der Waals surface area contributed by atoms with Crippen molar-refractivity contribution in [2.75, 3.05) is 21.2 Å². The van der Waals surface area contributed by atoms with Crippen molar-refractivity contribution >= 4 is 33.7 Å². The number of para-hydroxylation sites is 1. The molecule has 0 aliphatic rings. The summed E-state index contributed by atoms with van der Waals surface area (Å²) in [5, 5.41) is 0. The maximum atomic E-state index is 15.4. The first kappa shape index (κ1) is 47.8. The maximum absolute atomic E-state index is 15.4. The van der Waals surface area contributed by atoms with Crippen molar-refractivity contribution < 1.29 is 92.5 Å². The highest BCUT2D eigenvalue weighted by Crippen LogP contribution is 2.31. The summed E-state index contributed by atoms with van der Waals surface area (Å²) in [6.07, 6.45) is -7.22. The van der Waals surface area contributed by atoms with Gasteiger partial charge in [0.15, 0.2) is 69.8 Å². The van der Waals surface area contributed by atoms with Gasteiger partial charge < -0.3 is 4.74 Å². The molecule has 0 fully saturated rings. The van der Waals surface area contributed by atoms with Gasteiger partial charge in [0, 0.05) is 5.56 Å². The molecule has 2 nitrogen and oxygen atoms in total. The lowest BCUT2D eigenvalue weighted by Gasteiger charge is -2.44. The molecular weight excluding hydrogens is 901 g/mol. The largest absolute Gasteiger partial charge is 0.497 e. The van der Waals surface area contributed by atoms with E-state index < -0.39 is 144 Å². The van der Waals surface area contributed by atoms with Crippen LogP contribution in [0.1, 0.15) is 5.56 Å². The molecule has 0 spiro atoms. The van der Waals surface area contributed by atoms with Crippen LogP contribution in [0.15, 0.2) is 54.6 Å². The number of rotatable bonds is 8. The minimum atomic E-state index is -7.22. The lowest BCUT2D eigenvalue weighted by molar-refractivity contribution is 0.378. The fourth-order valence-corrected chi connectivity index (χ4v) is 6.98. The highest BCUT2D eigenvalue weighted by Gasteiger charge is 2.52. The van der Waals surface area contributed by atoms with Crippen molar-refractivity contribution in [2.24, 2.45) is 0 Å². The monoisotopic (exact) mass is 921 g/mol. The summed E-state index contributed by atoms with van der Waals surface area (Å²) in [4.78, 5) is 0. The fraction of sp³-hybridized carbons (Fsp3) is 0.100. The molecule has 0 N–H and O–H groups in total. The molecule has 0 bridgehead atoms. The second-order valence-electron chi connectivity index (χ2n) is 13.8. The average molecular weight is 921 g/mol. The van der Waals surface area contributed by atoms with Crippen LogP contribution in [0.25, 0.3) is 0 Å². The number of quaternary nitrogens is 1. The Hall–Kier alpha value is -6.26. The highest BCUT2D eigenvalue weighted by atomic mass is 19.2. The Morgan fingerprint density at radius 3 is 0.825 bits per heavy atom. The zero-order valence-corrected chi connectivity index (χ0v) is 31.4. The minimum absolute atomic E-state index is 0.840. The van der Waals surface area contributed by atoms with Gasteiger partial charge in [-0.15, -0.1) is 21.9 Å². The molecule has 0 heterocycles. The predicted octanol–water partition coefficient (Wildman–Crippen LogP) is 9.31. The third-order valence-electron chi connectivity index (χ3n) is 9.90. The van der Waals surface area contributed by atoms with E-state index in [9.17, 15) is 52.7 Å². The summed E-state index contributed by atoms with van der Waals surface area (Å²) >= 11 is 0. The third-order valence-corrected chi connectivity index (χ3v) is 9.90. The van der Waals surface area contributed by atoms with Crippen LogP contribution in [-0.4, -0.2) is 27.4 Å². The standard InChI is InChI=1S/C24BF20.C16H20NO/c26-5-1(6(27)14(35)21(42)13(5)34)25(2-7(28)15(36)22(43)16(37)8(2)29,3-9(30)17(38)23(44)18(39)10(3)31)4-11(32)19(40)24(45)20(41)12(4)33;1-17(2,15-7-5-4-6-8-15)13-14-9-11-16(18-3)12-10-14/h;4-12H,13H2,1-3H3/q-1;+1. The fourth-order valence-electron chi connectivity index (χ4n) is 6.98. The Kier molecular flexibility index (Phi) is 13.3. The van der Waals surface area contributed by atoms with Crippen LogP contribution in [0.5, 0.6) is 5.75 Å². The molecule has 6 aromatic carbocycles. The van der Waals surface area contributed by atoms with E-state index in [1.807, 2.05) is 12.1 Å². The number of benzene rings is 6. The van der Waals surface area contributed by atoms with E-state index in [-0.39, 0.29) is 0 Å². The van der Waals surface area contributed by atoms with Crippen molar-refractivity contribution in [3.8, 4) is 5.75 Å². The molecule has 6 aromatic rings. The van der Waals surface area contributed by atoms with Crippen LogP contribution in [0, 0.1) is 116 Å². The summed E-state index contributed by atoms with van der Waals surface area (Å²) < 4.78 is 300. The lowest BCUT2D eigenvalue weighted by atomic mass is 9.12. The van der Waals surface area contributed by atoms with Gasteiger partial charge in [0.1, 0.15) is 70.7 Å². The summed E-state index contributed by atoms with van der Waals surface area (Å²) in [6, 6.07) is 18.8. The van der Waals surface area contributed by atoms with Gasteiger partial charge in [-0.3, -0.25) is 4.48 Å². The summed E-state index contributed by atoms with van der Waals surface area (Å²) in [7, 11) is 6.14. The van der Waals surface area contributed by atoms with Gasteiger partial charge in [-0.05, 0) is 36.4 Å². The first-order valence-electron chi connectivity index (χ1n) is 17.1. The lowest BCUT2D eigenvalue weighted by Crippen LogP contribution is -2.81. The van der Waals surface area contributed by atoms with Crippen LogP contribution >= 0.6 is 0 Å². The molecule has 63 heavy (non-hydrogen) atoms. The molecule has 0 radical (unpaired) electrons. The van der Waals surface area contributed by atoms with Crippen LogP contribution in [-0.2, 0) is 6.54 Å². The second-order valence-corrected chi connectivity index (χ2v) is 13.8. The van der Waals surface area contributed by atoms with Gasteiger partial charge in [0.25, 0.3) is 0 Å². The van der Waals surface area contributed by atoms with Crippen molar-refractivity contribution in [3.63, 3.8) is 0 Å². The van der Waals surface area contributed by atoms with Gasteiger partial charge in [-0.25, -0.2) is 87.8 Å². The first-order chi connectivity index (χ1) is 29.3. The SMILES string of the molecule is COc1ccc(C[N+](C)(C)c2ccccc2)cc1.Fc1c(F)c(F)c([B-](c2c(F)c(F)c(F)c(F)c2F)(c2c(F)c(F)c(F)c(F)c2F)c2c(F)c(F)c(F)c(F)c2F)c(F)c1F. The van der Waals surface area contributed by atoms with Gasteiger partial charge >= 0.3 is 0 Å². The molecule has 0 aliphatic carbocycles. The first-order valence-corrected chi connectivity index (χ1v) is 17.1. The van der Waals surface area contributed by atoms with E-state index in [2.05, 4.69) is 56.6 Å². The second kappa shape index (κ2) is 17.5.